The highest BCUT2D eigenvalue weighted by Gasteiger charge is 2.08. The number of carbonyl (C=O) groups is 1. The highest BCUT2D eigenvalue weighted by Crippen LogP contribution is 2.27. The summed E-state index contributed by atoms with van der Waals surface area (Å²) in [7, 11) is 0. The Balaban J connectivity index is 1.86. The summed E-state index contributed by atoms with van der Waals surface area (Å²) >= 11 is 9.18. The molecule has 0 aliphatic rings. The average Bonchev–Trinajstić information content (AvgIpc) is 2.45. The first-order valence-electron chi connectivity index (χ1n) is 6.48. The molecule has 3 nitrogen and oxygen atoms in total. The number of hydrogen-bond donors (Lipinski definition) is 0. The molecule has 0 aromatic heterocycles. The second-order valence-electron chi connectivity index (χ2n) is 4.47. The summed E-state index contributed by atoms with van der Waals surface area (Å²) in [6, 6.07) is 9.34. The fraction of sp³-hybridized carbons (Fsp3) is 0.188. The molecule has 0 saturated heterocycles. The fourth-order valence-corrected chi connectivity index (χ4v) is 2.57. The van der Waals surface area contributed by atoms with Crippen molar-refractivity contribution < 1.29 is 18.7 Å². The van der Waals surface area contributed by atoms with Gasteiger partial charge in [0, 0.05) is 11.1 Å². The molecule has 6 heteroatoms. The fourth-order valence-electron chi connectivity index (χ4n) is 1.77. The topological polar surface area (TPSA) is 35.5 Å². The lowest BCUT2D eigenvalue weighted by molar-refractivity contribution is 0.101. The molecule has 0 radical (unpaired) electrons. The number of ether oxygens (including phenoxy) is 2. The van der Waals surface area contributed by atoms with E-state index in [9.17, 15) is 9.18 Å². The van der Waals surface area contributed by atoms with Crippen molar-refractivity contribution in [1.29, 1.82) is 0 Å². The molecule has 0 N–H and O–H groups in total. The van der Waals surface area contributed by atoms with Crippen LogP contribution in [0.5, 0.6) is 11.5 Å². The quantitative estimate of drug-likeness (QED) is 0.522. The van der Waals surface area contributed by atoms with E-state index in [1.807, 2.05) is 0 Å². The summed E-state index contributed by atoms with van der Waals surface area (Å²) in [5, 5.41) is 0.608. The van der Waals surface area contributed by atoms with Gasteiger partial charge in [0.2, 0.25) is 0 Å². The number of carbonyl (C=O) groups excluding carboxylic acids is 1. The van der Waals surface area contributed by atoms with Crippen molar-refractivity contribution in [3.05, 3.63) is 57.3 Å². The number of hydrogen-bond acceptors (Lipinski definition) is 3. The molecular weight excluding hydrogens is 375 g/mol. The maximum Gasteiger partial charge on any atom is 0.162 e. The zero-order chi connectivity index (χ0) is 16.1. The van der Waals surface area contributed by atoms with Crippen LogP contribution in [0.2, 0.25) is 5.02 Å². The number of halogens is 3. The maximum absolute atomic E-state index is 13.6. The van der Waals surface area contributed by atoms with Crippen LogP contribution < -0.4 is 9.47 Å². The minimum Gasteiger partial charge on any atom is -0.490 e. The van der Waals surface area contributed by atoms with E-state index >= 15 is 0 Å². The Kier molecular flexibility index (Phi) is 5.80. The first kappa shape index (κ1) is 16.8. The Morgan fingerprint density at radius 1 is 1.18 bits per heavy atom. The predicted molar refractivity (Wildman–Crippen MR) is 86.5 cm³/mol. The standard InChI is InChI=1S/C16H13BrClFO3/c1-10(20)13-4-3-12(9-15(13)19)21-6-7-22-16-5-2-11(18)8-14(16)17/h2-5,8-9H,6-7H2,1H3. The van der Waals surface area contributed by atoms with Gasteiger partial charge in [-0.15, -0.1) is 0 Å². The van der Waals surface area contributed by atoms with Gasteiger partial charge in [0.15, 0.2) is 5.78 Å². The highest BCUT2D eigenvalue weighted by atomic mass is 79.9. The van der Waals surface area contributed by atoms with Crippen LogP contribution in [0, 0.1) is 5.82 Å². The summed E-state index contributed by atoms with van der Waals surface area (Å²) < 4.78 is 25.3. The van der Waals surface area contributed by atoms with Gasteiger partial charge in [-0.1, -0.05) is 11.6 Å². The van der Waals surface area contributed by atoms with Crippen molar-refractivity contribution >= 4 is 33.3 Å². The Morgan fingerprint density at radius 3 is 2.55 bits per heavy atom. The van der Waals surface area contributed by atoms with E-state index in [4.69, 9.17) is 21.1 Å². The highest BCUT2D eigenvalue weighted by molar-refractivity contribution is 9.10. The minimum atomic E-state index is -0.591. The van der Waals surface area contributed by atoms with E-state index in [1.165, 1.54) is 19.1 Å². The summed E-state index contributed by atoms with van der Waals surface area (Å²) in [5.41, 5.74) is 0.0497. The Bertz CT molecular complexity index is 691. The van der Waals surface area contributed by atoms with Gasteiger partial charge < -0.3 is 9.47 Å². The predicted octanol–water partition coefficient (Wildman–Crippen LogP) is 4.90. The Labute approximate surface area is 141 Å². The van der Waals surface area contributed by atoms with Gasteiger partial charge in [-0.3, -0.25) is 4.79 Å². The molecule has 0 bridgehead atoms. The van der Waals surface area contributed by atoms with Crippen molar-refractivity contribution in [3.63, 3.8) is 0 Å². The average molecular weight is 388 g/mol. The van der Waals surface area contributed by atoms with Crippen molar-refractivity contribution in [2.45, 2.75) is 6.92 Å². The number of rotatable bonds is 6. The van der Waals surface area contributed by atoms with Crippen molar-refractivity contribution in [3.8, 4) is 11.5 Å². The van der Waals surface area contributed by atoms with E-state index in [0.717, 1.165) is 4.47 Å². The van der Waals surface area contributed by atoms with Gasteiger partial charge in [0.1, 0.15) is 30.5 Å². The van der Waals surface area contributed by atoms with Crippen LogP contribution in [0.3, 0.4) is 0 Å². The number of ketones is 1. The maximum atomic E-state index is 13.6. The molecule has 0 spiro atoms. The lowest BCUT2D eigenvalue weighted by Crippen LogP contribution is -2.09. The van der Waals surface area contributed by atoms with E-state index in [1.54, 1.807) is 24.3 Å². The first-order valence-corrected chi connectivity index (χ1v) is 7.65. The monoisotopic (exact) mass is 386 g/mol. The van der Waals surface area contributed by atoms with E-state index in [-0.39, 0.29) is 24.6 Å². The molecule has 0 saturated carbocycles. The van der Waals surface area contributed by atoms with Crippen molar-refractivity contribution in [2.75, 3.05) is 13.2 Å². The molecule has 22 heavy (non-hydrogen) atoms. The van der Waals surface area contributed by atoms with Gasteiger partial charge in [-0.25, -0.2) is 4.39 Å². The van der Waals surface area contributed by atoms with Gasteiger partial charge in [-0.05, 0) is 53.2 Å². The Hall–Kier alpha value is -1.59. The summed E-state index contributed by atoms with van der Waals surface area (Å²) in [4.78, 5) is 11.1. The lowest BCUT2D eigenvalue weighted by atomic mass is 10.1. The van der Waals surface area contributed by atoms with Crippen LogP contribution in [0.4, 0.5) is 4.39 Å². The molecule has 0 amide bonds. The number of benzene rings is 2. The molecular formula is C16H13BrClFO3. The third-order valence-corrected chi connectivity index (χ3v) is 3.68. The van der Waals surface area contributed by atoms with Crippen LogP contribution in [0.1, 0.15) is 17.3 Å². The van der Waals surface area contributed by atoms with Gasteiger partial charge in [-0.2, -0.15) is 0 Å². The first-order chi connectivity index (χ1) is 10.5. The smallest absolute Gasteiger partial charge is 0.162 e. The lowest BCUT2D eigenvalue weighted by Gasteiger charge is -2.10. The molecule has 0 fully saturated rings. The molecule has 0 unspecified atom stereocenters. The molecule has 2 aromatic carbocycles. The molecule has 2 aromatic rings. The molecule has 2 rings (SSSR count). The zero-order valence-corrected chi connectivity index (χ0v) is 14.1. The normalized spacial score (nSPS) is 10.4. The van der Waals surface area contributed by atoms with Crippen LogP contribution in [-0.2, 0) is 0 Å². The second kappa shape index (κ2) is 7.61. The zero-order valence-electron chi connectivity index (χ0n) is 11.7. The Morgan fingerprint density at radius 2 is 1.91 bits per heavy atom. The van der Waals surface area contributed by atoms with Crippen molar-refractivity contribution in [2.24, 2.45) is 0 Å². The van der Waals surface area contributed by atoms with Gasteiger partial charge in [0.05, 0.1) is 10.0 Å². The largest absolute Gasteiger partial charge is 0.490 e. The van der Waals surface area contributed by atoms with E-state index < -0.39 is 5.82 Å². The summed E-state index contributed by atoms with van der Waals surface area (Å²) in [6.45, 7) is 1.85. The molecule has 0 heterocycles. The van der Waals surface area contributed by atoms with E-state index in [2.05, 4.69) is 15.9 Å². The van der Waals surface area contributed by atoms with Crippen LogP contribution in [-0.4, -0.2) is 19.0 Å². The molecule has 116 valence electrons. The third kappa shape index (κ3) is 4.45. The van der Waals surface area contributed by atoms with Crippen molar-refractivity contribution in [1.82, 2.24) is 0 Å². The number of Topliss-reactive ketones (excluding diaryl/α,β-unsaturated/α-hetero) is 1. The van der Waals surface area contributed by atoms with Gasteiger partial charge >= 0.3 is 0 Å². The summed E-state index contributed by atoms with van der Waals surface area (Å²) in [6.07, 6.45) is 0. The molecule has 0 aliphatic carbocycles. The van der Waals surface area contributed by atoms with Gasteiger partial charge in [0.25, 0.3) is 0 Å². The molecule has 0 atom stereocenters. The van der Waals surface area contributed by atoms with Crippen LogP contribution in [0.25, 0.3) is 0 Å². The minimum absolute atomic E-state index is 0.0497. The summed E-state index contributed by atoms with van der Waals surface area (Å²) in [5.74, 6) is 0.0821. The van der Waals surface area contributed by atoms with E-state index in [0.29, 0.717) is 16.5 Å². The van der Waals surface area contributed by atoms with Crippen LogP contribution >= 0.6 is 27.5 Å². The molecule has 0 aliphatic heterocycles. The SMILES string of the molecule is CC(=O)c1ccc(OCCOc2ccc(Cl)cc2Br)cc1F. The second-order valence-corrected chi connectivity index (χ2v) is 5.76. The van der Waals surface area contributed by atoms with Crippen LogP contribution in [0.15, 0.2) is 40.9 Å². The third-order valence-electron chi connectivity index (χ3n) is 2.82.